The van der Waals surface area contributed by atoms with E-state index in [0.717, 1.165) is 39.0 Å². The van der Waals surface area contributed by atoms with Gasteiger partial charge in [0.05, 0.1) is 0 Å². The van der Waals surface area contributed by atoms with E-state index in [-0.39, 0.29) is 11.3 Å². The van der Waals surface area contributed by atoms with Gasteiger partial charge in [-0.3, -0.25) is 9.69 Å². The summed E-state index contributed by atoms with van der Waals surface area (Å²) in [6, 6.07) is 0.616. The molecule has 2 aliphatic rings. The smallest absolute Gasteiger partial charge is 0.142 e. The topological polar surface area (TPSA) is 23.6 Å². The predicted octanol–water partition coefficient (Wildman–Crippen LogP) is 2.02. The largest absolute Gasteiger partial charge is 0.301 e. The van der Waals surface area contributed by atoms with E-state index in [2.05, 4.69) is 37.6 Å². The van der Waals surface area contributed by atoms with Gasteiger partial charge in [-0.2, -0.15) is 0 Å². The van der Waals surface area contributed by atoms with Crippen LogP contribution in [0.2, 0.25) is 0 Å². The van der Waals surface area contributed by atoms with Gasteiger partial charge < -0.3 is 4.90 Å². The fourth-order valence-corrected chi connectivity index (χ4v) is 3.37. The molecule has 0 aromatic heterocycles. The molecule has 18 heavy (non-hydrogen) atoms. The van der Waals surface area contributed by atoms with Crippen LogP contribution in [0.25, 0.3) is 0 Å². The van der Waals surface area contributed by atoms with Crippen LogP contribution < -0.4 is 0 Å². The molecule has 0 N–H and O–H groups in total. The number of hydrogen-bond acceptors (Lipinski definition) is 3. The van der Waals surface area contributed by atoms with Gasteiger partial charge in [0.25, 0.3) is 0 Å². The highest BCUT2D eigenvalue weighted by Crippen LogP contribution is 2.35. The van der Waals surface area contributed by atoms with Crippen LogP contribution in [0.4, 0.5) is 0 Å². The molecule has 0 aromatic carbocycles. The maximum absolute atomic E-state index is 12.4. The van der Waals surface area contributed by atoms with E-state index >= 15 is 0 Å². The highest BCUT2D eigenvalue weighted by molar-refractivity contribution is 5.87. The van der Waals surface area contributed by atoms with Crippen molar-refractivity contribution in [2.75, 3.05) is 33.2 Å². The van der Waals surface area contributed by atoms with E-state index in [0.29, 0.717) is 11.8 Å². The molecule has 0 radical (unpaired) electrons. The summed E-state index contributed by atoms with van der Waals surface area (Å²) in [4.78, 5) is 17.3. The molecule has 1 aliphatic carbocycles. The first kappa shape index (κ1) is 14.0. The standard InChI is InChI=1S/C15H28N2O/c1-12-10-17(9-8-16(12)4)11-13-6-5-7-15(2,3)14(13)18/h12-13H,5-11H2,1-4H3. The SMILES string of the molecule is CC1CN(CC2CCCC(C)(C)C2=O)CCN1C. The van der Waals surface area contributed by atoms with Crippen molar-refractivity contribution < 1.29 is 4.79 Å². The van der Waals surface area contributed by atoms with Gasteiger partial charge in [-0.15, -0.1) is 0 Å². The third-order valence-corrected chi connectivity index (χ3v) is 4.91. The molecule has 1 aliphatic heterocycles. The van der Waals surface area contributed by atoms with E-state index in [9.17, 15) is 4.79 Å². The summed E-state index contributed by atoms with van der Waals surface area (Å²) in [5, 5.41) is 0. The van der Waals surface area contributed by atoms with Crippen LogP contribution in [-0.4, -0.2) is 54.9 Å². The Balaban J connectivity index is 1.91. The second-order valence-electron chi connectivity index (χ2n) is 6.93. The zero-order valence-electron chi connectivity index (χ0n) is 12.4. The van der Waals surface area contributed by atoms with Crippen molar-refractivity contribution in [3.05, 3.63) is 0 Å². The van der Waals surface area contributed by atoms with Gasteiger partial charge >= 0.3 is 0 Å². The molecule has 3 heteroatoms. The van der Waals surface area contributed by atoms with E-state index < -0.39 is 0 Å². The van der Waals surface area contributed by atoms with E-state index in [1.165, 1.54) is 6.42 Å². The lowest BCUT2D eigenvalue weighted by molar-refractivity contribution is -0.135. The zero-order valence-corrected chi connectivity index (χ0v) is 12.4. The van der Waals surface area contributed by atoms with Crippen LogP contribution >= 0.6 is 0 Å². The summed E-state index contributed by atoms with van der Waals surface area (Å²) >= 11 is 0. The van der Waals surface area contributed by atoms with Gasteiger partial charge in [0.2, 0.25) is 0 Å². The van der Waals surface area contributed by atoms with Crippen molar-refractivity contribution in [2.45, 2.75) is 46.1 Å². The Labute approximate surface area is 112 Å². The predicted molar refractivity (Wildman–Crippen MR) is 74.7 cm³/mol. The van der Waals surface area contributed by atoms with Gasteiger partial charge in [-0.1, -0.05) is 20.3 Å². The molecule has 2 unspecified atom stereocenters. The van der Waals surface area contributed by atoms with Crippen LogP contribution in [0.3, 0.4) is 0 Å². The Morgan fingerprint density at radius 2 is 2.06 bits per heavy atom. The summed E-state index contributed by atoms with van der Waals surface area (Å²) in [6.45, 7) is 10.9. The molecule has 0 spiro atoms. The zero-order chi connectivity index (χ0) is 13.3. The number of ketones is 1. The summed E-state index contributed by atoms with van der Waals surface area (Å²) in [7, 11) is 2.19. The van der Waals surface area contributed by atoms with Crippen molar-refractivity contribution >= 4 is 5.78 Å². The highest BCUT2D eigenvalue weighted by atomic mass is 16.1. The maximum atomic E-state index is 12.4. The summed E-state index contributed by atoms with van der Waals surface area (Å²) in [6.07, 6.45) is 3.39. The Hall–Kier alpha value is -0.410. The molecular formula is C15H28N2O. The second-order valence-corrected chi connectivity index (χ2v) is 6.93. The second kappa shape index (κ2) is 5.30. The van der Waals surface area contributed by atoms with Crippen molar-refractivity contribution in [3.63, 3.8) is 0 Å². The molecule has 3 nitrogen and oxygen atoms in total. The van der Waals surface area contributed by atoms with E-state index in [1.54, 1.807) is 0 Å². The van der Waals surface area contributed by atoms with Crippen LogP contribution in [-0.2, 0) is 4.79 Å². The molecule has 104 valence electrons. The Morgan fingerprint density at radius 1 is 1.33 bits per heavy atom. The van der Waals surface area contributed by atoms with Gasteiger partial charge in [0.15, 0.2) is 0 Å². The number of rotatable bonds is 2. The fraction of sp³-hybridized carbons (Fsp3) is 0.933. The molecule has 2 rings (SSSR count). The minimum atomic E-state index is -0.0822. The summed E-state index contributed by atoms with van der Waals surface area (Å²) < 4.78 is 0. The van der Waals surface area contributed by atoms with E-state index in [1.807, 2.05) is 0 Å². The lowest BCUT2D eigenvalue weighted by atomic mass is 9.71. The average Bonchev–Trinajstić information content (AvgIpc) is 2.30. The van der Waals surface area contributed by atoms with Gasteiger partial charge in [0, 0.05) is 43.6 Å². The first-order chi connectivity index (χ1) is 8.40. The molecule has 0 bridgehead atoms. The van der Waals surface area contributed by atoms with Crippen LogP contribution in [0.15, 0.2) is 0 Å². The Kier molecular flexibility index (Phi) is 4.12. The minimum Gasteiger partial charge on any atom is -0.301 e. The maximum Gasteiger partial charge on any atom is 0.142 e. The average molecular weight is 252 g/mol. The molecular weight excluding hydrogens is 224 g/mol. The molecule has 1 heterocycles. The summed E-state index contributed by atoms with van der Waals surface area (Å²) in [5.74, 6) is 0.782. The number of Topliss-reactive ketones (excluding diaryl/α,β-unsaturated/α-hetero) is 1. The molecule has 1 saturated carbocycles. The first-order valence-electron chi connectivity index (χ1n) is 7.37. The number of nitrogens with zero attached hydrogens (tertiary/aromatic N) is 2. The van der Waals surface area contributed by atoms with Crippen molar-refractivity contribution in [1.29, 1.82) is 0 Å². The van der Waals surface area contributed by atoms with Crippen LogP contribution in [0.1, 0.15) is 40.0 Å². The van der Waals surface area contributed by atoms with Crippen molar-refractivity contribution in [2.24, 2.45) is 11.3 Å². The number of likely N-dealkylation sites (N-methyl/N-ethyl adjacent to an activating group) is 1. The van der Waals surface area contributed by atoms with Crippen molar-refractivity contribution in [1.82, 2.24) is 9.80 Å². The highest BCUT2D eigenvalue weighted by Gasteiger charge is 2.38. The van der Waals surface area contributed by atoms with Gasteiger partial charge in [0.1, 0.15) is 5.78 Å². The van der Waals surface area contributed by atoms with Crippen LogP contribution in [0, 0.1) is 11.3 Å². The molecule has 0 amide bonds. The Bertz CT molecular complexity index is 314. The third kappa shape index (κ3) is 2.94. The number of carbonyl (C=O) groups is 1. The monoisotopic (exact) mass is 252 g/mol. The summed E-state index contributed by atoms with van der Waals surface area (Å²) in [5.41, 5.74) is -0.0822. The minimum absolute atomic E-state index is 0.0822. The van der Waals surface area contributed by atoms with Crippen molar-refractivity contribution in [3.8, 4) is 0 Å². The van der Waals surface area contributed by atoms with Crippen LogP contribution in [0.5, 0.6) is 0 Å². The molecule has 2 atom stereocenters. The lowest BCUT2D eigenvalue weighted by Crippen LogP contribution is -2.52. The quantitative estimate of drug-likeness (QED) is 0.751. The fourth-order valence-electron chi connectivity index (χ4n) is 3.37. The Morgan fingerprint density at radius 3 is 2.72 bits per heavy atom. The van der Waals surface area contributed by atoms with Gasteiger partial charge in [-0.25, -0.2) is 0 Å². The number of piperazine rings is 1. The number of carbonyl (C=O) groups excluding carboxylic acids is 1. The number of hydrogen-bond donors (Lipinski definition) is 0. The van der Waals surface area contributed by atoms with Gasteiger partial charge in [-0.05, 0) is 26.8 Å². The third-order valence-electron chi connectivity index (χ3n) is 4.91. The molecule has 2 fully saturated rings. The lowest BCUT2D eigenvalue weighted by Gasteiger charge is -2.41. The first-order valence-corrected chi connectivity index (χ1v) is 7.37. The molecule has 0 aromatic rings. The normalized spacial score (nSPS) is 34.8. The molecule has 1 saturated heterocycles. The van der Waals surface area contributed by atoms with E-state index in [4.69, 9.17) is 0 Å².